The van der Waals surface area contributed by atoms with E-state index < -0.39 is 0 Å². The van der Waals surface area contributed by atoms with Gasteiger partial charge in [-0.25, -0.2) is 0 Å². The van der Waals surface area contributed by atoms with Gasteiger partial charge in [-0.3, -0.25) is 19.4 Å². The Kier molecular flexibility index (Phi) is 13.0. The van der Waals surface area contributed by atoms with Crippen LogP contribution in [-0.2, 0) is 43.4 Å². The van der Waals surface area contributed by atoms with Crippen molar-refractivity contribution in [2.75, 3.05) is 45.4 Å². The van der Waals surface area contributed by atoms with Crippen LogP contribution in [0.4, 0.5) is 5.69 Å². The van der Waals surface area contributed by atoms with E-state index in [1.165, 1.54) is 0 Å². The maximum Gasteiger partial charge on any atom is 0.227 e. The van der Waals surface area contributed by atoms with Gasteiger partial charge in [0.05, 0.1) is 39.0 Å². The summed E-state index contributed by atoms with van der Waals surface area (Å²) in [5.41, 5.74) is 6.13. The fourth-order valence-corrected chi connectivity index (χ4v) is 6.47. The summed E-state index contributed by atoms with van der Waals surface area (Å²) in [4.78, 5) is 40.1. The van der Waals surface area contributed by atoms with Gasteiger partial charge < -0.3 is 25.0 Å². The van der Waals surface area contributed by atoms with Crippen molar-refractivity contribution in [3.8, 4) is 0 Å². The molecule has 3 aromatic rings. The summed E-state index contributed by atoms with van der Waals surface area (Å²) in [7, 11) is 3.43. The highest BCUT2D eigenvalue weighted by Gasteiger charge is 2.40. The molecule has 2 aliphatic heterocycles. The second kappa shape index (κ2) is 17.8. The van der Waals surface area contributed by atoms with Gasteiger partial charge >= 0.3 is 0 Å². The molecule has 0 saturated heterocycles. The predicted octanol–water partition coefficient (Wildman–Crippen LogP) is 5.26. The summed E-state index contributed by atoms with van der Waals surface area (Å²) in [5.74, 6) is 0.0953. The first-order valence-corrected chi connectivity index (χ1v) is 17.1. The number of anilines is 1. The maximum absolute atomic E-state index is 13.9. The number of hydrogen-bond acceptors (Lipinski definition) is 9. The summed E-state index contributed by atoms with van der Waals surface area (Å²) >= 11 is 0. The fraction of sp³-hybridized carbons (Fsp3) is 0.447. The molecule has 0 radical (unpaired) electrons. The van der Waals surface area contributed by atoms with E-state index in [1.807, 2.05) is 40.2 Å². The molecule has 11 heteroatoms. The predicted molar refractivity (Wildman–Crippen MR) is 188 cm³/mol. The molecule has 0 fully saturated rings. The highest BCUT2D eigenvalue weighted by atomic mass is 16.5. The van der Waals surface area contributed by atoms with Gasteiger partial charge in [0.25, 0.3) is 0 Å². The molecule has 2 heterocycles. The zero-order valence-corrected chi connectivity index (χ0v) is 28.8. The Morgan fingerprint density at radius 2 is 1.61 bits per heavy atom. The minimum absolute atomic E-state index is 0.0205. The molecule has 260 valence electrons. The monoisotopic (exact) mass is 668 g/mol. The molecule has 0 spiro atoms. The van der Waals surface area contributed by atoms with Gasteiger partial charge in [-0.2, -0.15) is 5.11 Å². The van der Waals surface area contributed by atoms with E-state index in [0.29, 0.717) is 71.6 Å². The summed E-state index contributed by atoms with van der Waals surface area (Å²) in [6.07, 6.45) is 2.55. The molecule has 0 aliphatic carbocycles. The van der Waals surface area contributed by atoms with Crippen molar-refractivity contribution in [3.05, 3.63) is 101 Å². The Hall–Kier alpha value is -4.45. The van der Waals surface area contributed by atoms with Crippen LogP contribution in [0.1, 0.15) is 72.5 Å². The van der Waals surface area contributed by atoms with Crippen molar-refractivity contribution in [1.29, 1.82) is 0 Å². The number of nitrogens with one attached hydrogen (secondary N) is 2. The minimum Gasteiger partial charge on any atom is -0.382 e. The van der Waals surface area contributed by atoms with Gasteiger partial charge in [0.2, 0.25) is 11.8 Å². The van der Waals surface area contributed by atoms with E-state index in [0.717, 1.165) is 33.5 Å². The average Bonchev–Trinajstić information content (AvgIpc) is 3.51. The lowest BCUT2D eigenvalue weighted by Crippen LogP contribution is -2.35. The van der Waals surface area contributed by atoms with Crippen LogP contribution in [0.2, 0.25) is 0 Å². The molecule has 2 unspecified atom stereocenters. The number of carbonyl (C=O) groups is 3. The van der Waals surface area contributed by atoms with E-state index in [4.69, 9.17) is 19.8 Å². The lowest BCUT2D eigenvalue weighted by molar-refractivity contribution is -0.122. The number of ether oxygens (including phenoxy) is 2. The Morgan fingerprint density at radius 3 is 2.37 bits per heavy atom. The van der Waals surface area contributed by atoms with Crippen LogP contribution in [0.5, 0.6) is 0 Å². The third-order valence-corrected chi connectivity index (χ3v) is 9.15. The van der Waals surface area contributed by atoms with E-state index in [-0.39, 0.29) is 35.7 Å². The molecular formula is C38H48N6O5. The number of methoxy groups -OCH3 is 1. The molecule has 49 heavy (non-hydrogen) atoms. The maximum atomic E-state index is 13.9. The lowest BCUT2D eigenvalue weighted by atomic mass is 9.87. The van der Waals surface area contributed by atoms with Crippen molar-refractivity contribution in [2.45, 2.75) is 70.2 Å². The number of amides is 2. The molecule has 5 rings (SSSR count). The van der Waals surface area contributed by atoms with Crippen molar-refractivity contribution < 1.29 is 23.9 Å². The van der Waals surface area contributed by atoms with Crippen molar-refractivity contribution in [1.82, 2.24) is 15.6 Å². The molecule has 2 N–H and O–H groups in total. The Morgan fingerprint density at radius 1 is 0.898 bits per heavy atom. The number of carbonyl (C=O) groups excluding carboxylic acids is 3. The largest absolute Gasteiger partial charge is 0.382 e. The minimum atomic E-state index is -0.218. The third-order valence-electron chi connectivity index (χ3n) is 9.15. The van der Waals surface area contributed by atoms with E-state index >= 15 is 0 Å². The van der Waals surface area contributed by atoms with E-state index in [9.17, 15) is 14.4 Å². The number of nitrogens with zero attached hydrogens (tertiary/aromatic N) is 4. The first-order valence-electron chi connectivity index (χ1n) is 17.1. The van der Waals surface area contributed by atoms with Crippen LogP contribution in [0.3, 0.4) is 0 Å². The molecule has 0 aromatic heterocycles. The molecule has 2 amide bonds. The number of para-hydroxylation sites is 1. The van der Waals surface area contributed by atoms with Crippen molar-refractivity contribution >= 4 is 23.3 Å². The Balaban J connectivity index is 1.28. The summed E-state index contributed by atoms with van der Waals surface area (Å²) in [5, 5.41) is 17.5. The standard InChI is InChI=1S/C38H48N6O5/c1-27(45)33(39-2)24-28-16-18-29(19-17-28)25-44-38-32-12-6-7-13-34(32)43(26-30-10-4-5-11-31(30)37(38)41-42-44)36(47)15-9-8-14-35(46)40-20-21-49-23-22-48-3/h4-7,10-13,16-19,33,37-39H,8-9,14-15,20-26H2,1-3H3,(H,40,46)/t33-,37?,38?/m0/s1. The number of unbranched alkanes of at least 4 members (excludes halogenated alkanes) is 1. The molecule has 3 aromatic carbocycles. The Labute approximate surface area is 289 Å². The molecule has 0 saturated carbocycles. The second-order valence-electron chi connectivity index (χ2n) is 12.6. The van der Waals surface area contributed by atoms with Crippen LogP contribution in [-0.4, -0.2) is 69.2 Å². The number of ketones is 1. The fourth-order valence-electron chi connectivity index (χ4n) is 6.47. The lowest BCUT2D eigenvalue weighted by Gasteiger charge is -2.35. The van der Waals surface area contributed by atoms with Crippen LogP contribution < -0.4 is 15.5 Å². The topological polar surface area (TPSA) is 125 Å². The molecule has 11 nitrogen and oxygen atoms in total. The Bertz CT molecular complexity index is 1600. The quantitative estimate of drug-likeness (QED) is 0.188. The number of Topliss-reactive ketones (excluding diaryl/α,β-unsaturated/α-hetero) is 1. The van der Waals surface area contributed by atoms with Gasteiger partial charge in [0, 0.05) is 37.7 Å². The van der Waals surface area contributed by atoms with E-state index in [2.05, 4.69) is 53.1 Å². The van der Waals surface area contributed by atoms with Crippen molar-refractivity contribution in [3.63, 3.8) is 0 Å². The highest BCUT2D eigenvalue weighted by molar-refractivity contribution is 5.94. The van der Waals surface area contributed by atoms with Crippen LogP contribution in [0, 0.1) is 0 Å². The van der Waals surface area contributed by atoms with Crippen LogP contribution in [0.15, 0.2) is 83.1 Å². The van der Waals surface area contributed by atoms with Gasteiger partial charge in [-0.1, -0.05) is 72.0 Å². The highest BCUT2D eigenvalue weighted by Crippen LogP contribution is 2.48. The summed E-state index contributed by atoms with van der Waals surface area (Å²) in [6.45, 7) is 4.49. The normalized spacial score (nSPS) is 17.0. The number of fused-ring (bicyclic) bond motifs is 5. The van der Waals surface area contributed by atoms with Crippen LogP contribution in [0.25, 0.3) is 0 Å². The summed E-state index contributed by atoms with van der Waals surface area (Å²) in [6, 6.07) is 23.9. The number of rotatable bonds is 17. The average molecular weight is 669 g/mol. The van der Waals surface area contributed by atoms with Crippen molar-refractivity contribution in [2.24, 2.45) is 10.3 Å². The first kappa shape index (κ1) is 35.8. The molecular weight excluding hydrogens is 620 g/mol. The second-order valence-corrected chi connectivity index (χ2v) is 12.6. The zero-order valence-electron chi connectivity index (χ0n) is 28.8. The summed E-state index contributed by atoms with van der Waals surface area (Å²) < 4.78 is 10.3. The van der Waals surface area contributed by atoms with Crippen LogP contribution >= 0.6 is 0 Å². The number of hydrogen-bond donors (Lipinski definition) is 2. The van der Waals surface area contributed by atoms with Gasteiger partial charge in [0.15, 0.2) is 0 Å². The molecule has 3 atom stereocenters. The molecule has 2 aliphatic rings. The van der Waals surface area contributed by atoms with Gasteiger partial charge in [0.1, 0.15) is 17.9 Å². The van der Waals surface area contributed by atoms with Gasteiger partial charge in [-0.05, 0) is 61.6 Å². The van der Waals surface area contributed by atoms with Gasteiger partial charge in [-0.15, -0.1) is 0 Å². The molecule has 0 bridgehead atoms. The smallest absolute Gasteiger partial charge is 0.227 e. The zero-order chi connectivity index (χ0) is 34.6. The number of benzene rings is 3. The third kappa shape index (κ3) is 9.38. The SMILES string of the molecule is CN[C@@H](Cc1ccc(CN2N=NC3c4ccccc4CN(C(=O)CCCCC(=O)NCCOCCOC)c4ccccc4C32)cc1)C(C)=O. The first-order chi connectivity index (χ1) is 23.9. The number of likely N-dealkylation sites (N-methyl/N-ethyl adjacent to an activating group) is 1. The van der Waals surface area contributed by atoms with E-state index in [1.54, 1.807) is 21.1 Å².